The maximum atomic E-state index is 13.2. The van der Waals surface area contributed by atoms with Gasteiger partial charge < -0.3 is 5.32 Å². The van der Waals surface area contributed by atoms with E-state index in [2.05, 4.69) is 95.1 Å². The molecule has 0 spiro atoms. The van der Waals surface area contributed by atoms with Gasteiger partial charge in [0.1, 0.15) is 5.66 Å². The smallest absolute Gasteiger partial charge is 0.269 e. The highest BCUT2D eigenvalue weighted by Gasteiger charge is 2.63. The molecule has 5 heteroatoms. The number of rotatable bonds is 2. The molecule has 0 saturated carbocycles. The minimum Gasteiger partial charge on any atom is -0.360 e. The lowest BCUT2D eigenvalue weighted by atomic mass is 9.71. The van der Waals surface area contributed by atoms with Crippen LogP contribution in [0.3, 0.4) is 0 Å². The molecule has 2 aliphatic rings. The summed E-state index contributed by atoms with van der Waals surface area (Å²) in [5.74, 6) is -0.130. The number of amides is 1. The number of hydrogen-bond donors (Lipinski definition) is 2. The number of carbonyl (C=O) groups excluding carboxylic acids is 1. The summed E-state index contributed by atoms with van der Waals surface area (Å²) < 4.78 is 1.04. The summed E-state index contributed by atoms with van der Waals surface area (Å²) in [5.41, 5.74) is 7.39. The van der Waals surface area contributed by atoms with Crippen molar-refractivity contribution >= 4 is 44.0 Å². The second kappa shape index (κ2) is 6.59. The van der Waals surface area contributed by atoms with Crippen LogP contribution < -0.4 is 15.8 Å². The van der Waals surface area contributed by atoms with Gasteiger partial charge in [-0.1, -0.05) is 64.5 Å². The quantitative estimate of drug-likeness (QED) is 0.355. The minimum atomic E-state index is -0.590. The third-order valence-corrected chi connectivity index (χ3v) is 7.71. The molecule has 1 amide bonds. The summed E-state index contributed by atoms with van der Waals surface area (Å²) in [5, 5.41) is 8.16. The molecule has 0 radical (unpaired) electrons. The van der Waals surface area contributed by atoms with E-state index in [0.717, 1.165) is 15.8 Å². The van der Waals surface area contributed by atoms with E-state index in [9.17, 15) is 4.79 Å². The van der Waals surface area contributed by atoms with Crippen LogP contribution in [0.2, 0.25) is 0 Å². The summed E-state index contributed by atoms with van der Waals surface area (Å²) >= 11 is 3.67. The van der Waals surface area contributed by atoms with Gasteiger partial charge in [0.15, 0.2) is 0 Å². The van der Waals surface area contributed by atoms with Gasteiger partial charge in [-0.15, -0.1) is 0 Å². The maximum Gasteiger partial charge on any atom is 0.269 e. The van der Waals surface area contributed by atoms with Gasteiger partial charge >= 0.3 is 0 Å². The highest BCUT2D eigenvalue weighted by Crippen LogP contribution is 2.61. The molecule has 2 N–H and O–H groups in total. The Morgan fingerprint density at radius 1 is 0.938 bits per heavy atom. The van der Waals surface area contributed by atoms with Crippen LogP contribution in [-0.2, 0) is 5.41 Å². The van der Waals surface area contributed by atoms with Crippen molar-refractivity contribution in [1.82, 2.24) is 5.43 Å². The Hall–Kier alpha value is -3.31. The summed E-state index contributed by atoms with van der Waals surface area (Å²) in [7, 11) is 0. The highest BCUT2D eigenvalue weighted by atomic mass is 79.9. The van der Waals surface area contributed by atoms with Crippen molar-refractivity contribution in [2.75, 3.05) is 10.3 Å². The van der Waals surface area contributed by atoms with Crippen LogP contribution in [0.15, 0.2) is 89.4 Å². The SMILES string of the molecule is C[C@@]12c3cc(Br)ccc3N[C@]1(C)N(NC(=O)c1ccccc1)c1ccc3ccccc3c12. The van der Waals surface area contributed by atoms with Gasteiger partial charge in [0.2, 0.25) is 0 Å². The Labute approximate surface area is 195 Å². The first-order valence-electron chi connectivity index (χ1n) is 10.7. The third-order valence-electron chi connectivity index (χ3n) is 7.22. The normalized spacial score (nSPS) is 22.8. The van der Waals surface area contributed by atoms with Crippen molar-refractivity contribution in [2.24, 2.45) is 0 Å². The molecule has 0 aromatic heterocycles. The first kappa shape index (κ1) is 19.4. The number of fused-ring (bicyclic) bond motifs is 7. The average Bonchev–Trinajstić information content (AvgIpc) is 3.15. The molecule has 32 heavy (non-hydrogen) atoms. The number of carbonyl (C=O) groups is 1. The van der Waals surface area contributed by atoms with Crippen LogP contribution >= 0.6 is 15.9 Å². The van der Waals surface area contributed by atoms with Gasteiger partial charge in [0.05, 0.1) is 11.1 Å². The molecule has 0 saturated heterocycles. The van der Waals surface area contributed by atoms with Crippen molar-refractivity contribution in [3.63, 3.8) is 0 Å². The lowest BCUT2D eigenvalue weighted by Gasteiger charge is -2.42. The average molecular weight is 484 g/mol. The Morgan fingerprint density at radius 3 is 2.50 bits per heavy atom. The molecule has 0 unspecified atom stereocenters. The number of nitrogens with one attached hydrogen (secondary N) is 2. The lowest BCUT2D eigenvalue weighted by molar-refractivity contribution is 0.0936. The first-order chi connectivity index (χ1) is 15.4. The number of hydrazine groups is 1. The largest absolute Gasteiger partial charge is 0.360 e. The van der Waals surface area contributed by atoms with E-state index >= 15 is 0 Å². The Morgan fingerprint density at radius 2 is 1.69 bits per heavy atom. The monoisotopic (exact) mass is 483 g/mol. The predicted octanol–water partition coefficient (Wildman–Crippen LogP) is 6.22. The second-order valence-corrected chi connectivity index (χ2v) is 9.75. The van der Waals surface area contributed by atoms with Crippen LogP contribution in [-0.4, -0.2) is 11.6 Å². The molecule has 4 aromatic rings. The molecule has 158 valence electrons. The molecule has 2 heterocycles. The lowest BCUT2D eigenvalue weighted by Crippen LogP contribution is -2.62. The molecule has 0 fully saturated rings. The number of hydrogen-bond acceptors (Lipinski definition) is 3. The second-order valence-electron chi connectivity index (χ2n) is 8.84. The molecule has 2 atom stereocenters. The zero-order chi connectivity index (χ0) is 22.1. The number of halogens is 1. The molecule has 2 aliphatic heterocycles. The zero-order valence-electron chi connectivity index (χ0n) is 17.8. The third kappa shape index (κ3) is 2.40. The standard InChI is InChI=1S/C27H22BrN3O/c1-26-21-16-19(28)13-14-22(21)29-27(26,2)31(30-25(32)18-9-4-3-5-10-18)23-15-12-17-8-6-7-11-20(17)24(23)26/h3-16,29H,1-2H3,(H,30,32)/t26-,27+/m0/s1. The van der Waals surface area contributed by atoms with Gasteiger partial charge in [0, 0.05) is 15.7 Å². The van der Waals surface area contributed by atoms with Crippen LogP contribution in [0, 0.1) is 0 Å². The molecular formula is C27H22BrN3O. The predicted molar refractivity (Wildman–Crippen MR) is 133 cm³/mol. The van der Waals surface area contributed by atoms with Crippen molar-refractivity contribution < 1.29 is 4.79 Å². The van der Waals surface area contributed by atoms with Gasteiger partial charge in [-0.3, -0.25) is 15.2 Å². The fourth-order valence-electron chi connectivity index (χ4n) is 5.49. The van der Waals surface area contributed by atoms with Crippen molar-refractivity contribution in [1.29, 1.82) is 0 Å². The van der Waals surface area contributed by atoms with Crippen molar-refractivity contribution in [2.45, 2.75) is 24.9 Å². The van der Waals surface area contributed by atoms with Crippen molar-refractivity contribution in [3.05, 3.63) is 106 Å². The number of nitrogens with zero attached hydrogens (tertiary/aromatic N) is 1. The molecule has 0 bridgehead atoms. The van der Waals surface area contributed by atoms with Crippen LogP contribution in [0.5, 0.6) is 0 Å². The molecular weight excluding hydrogens is 462 g/mol. The highest BCUT2D eigenvalue weighted by molar-refractivity contribution is 9.10. The van der Waals surface area contributed by atoms with E-state index in [-0.39, 0.29) is 5.91 Å². The topological polar surface area (TPSA) is 44.4 Å². The van der Waals surface area contributed by atoms with Crippen LogP contribution in [0.4, 0.5) is 11.4 Å². The van der Waals surface area contributed by atoms with E-state index in [4.69, 9.17) is 0 Å². The Bertz CT molecular complexity index is 1400. The summed E-state index contributed by atoms with van der Waals surface area (Å²) in [4.78, 5) is 13.2. The minimum absolute atomic E-state index is 0.130. The van der Waals surface area contributed by atoms with Crippen molar-refractivity contribution in [3.8, 4) is 0 Å². The van der Waals surface area contributed by atoms with E-state index in [1.54, 1.807) is 0 Å². The van der Waals surface area contributed by atoms with Gasteiger partial charge in [-0.2, -0.15) is 0 Å². The van der Waals surface area contributed by atoms with Gasteiger partial charge in [-0.05, 0) is 72.1 Å². The van der Waals surface area contributed by atoms with Crippen LogP contribution in [0.25, 0.3) is 10.8 Å². The summed E-state index contributed by atoms with van der Waals surface area (Å²) in [6, 6.07) is 28.4. The van der Waals surface area contributed by atoms with Gasteiger partial charge in [-0.25, -0.2) is 0 Å². The summed E-state index contributed by atoms with van der Waals surface area (Å²) in [6.45, 7) is 4.44. The Balaban J connectivity index is 1.61. The molecule has 4 aromatic carbocycles. The van der Waals surface area contributed by atoms with E-state index in [1.165, 1.54) is 21.9 Å². The molecule has 6 rings (SSSR count). The fourth-order valence-corrected chi connectivity index (χ4v) is 5.85. The van der Waals surface area contributed by atoms with E-state index in [1.807, 2.05) is 35.3 Å². The Kier molecular flexibility index (Phi) is 3.99. The number of anilines is 2. The van der Waals surface area contributed by atoms with Crippen LogP contribution in [0.1, 0.15) is 35.3 Å². The maximum absolute atomic E-state index is 13.2. The molecule has 4 nitrogen and oxygen atoms in total. The molecule has 0 aliphatic carbocycles. The first-order valence-corrected chi connectivity index (χ1v) is 11.5. The van der Waals surface area contributed by atoms with Gasteiger partial charge in [0.25, 0.3) is 5.91 Å². The fraction of sp³-hybridized carbons (Fsp3) is 0.148. The number of benzene rings is 4. The van der Waals surface area contributed by atoms with E-state index < -0.39 is 11.1 Å². The zero-order valence-corrected chi connectivity index (χ0v) is 19.4. The summed E-state index contributed by atoms with van der Waals surface area (Å²) in [6.07, 6.45) is 0. The van der Waals surface area contributed by atoms with E-state index in [0.29, 0.717) is 5.56 Å².